The number of hydrogen-bond donors (Lipinski definition) is 2. The Bertz CT molecular complexity index is 788. The molecule has 0 aromatic heterocycles. The van der Waals surface area contributed by atoms with Crippen LogP contribution >= 0.6 is 0 Å². The Morgan fingerprint density at radius 2 is 1.78 bits per heavy atom. The van der Waals surface area contributed by atoms with E-state index in [0.29, 0.717) is 32.2 Å². The van der Waals surface area contributed by atoms with Gasteiger partial charge in [-0.05, 0) is 30.0 Å². The molecule has 1 aliphatic heterocycles. The molecule has 2 fully saturated rings. The molecule has 1 heterocycles. The predicted molar refractivity (Wildman–Crippen MR) is 98.1 cm³/mol. The Morgan fingerprint density at radius 1 is 1.15 bits per heavy atom. The van der Waals surface area contributed by atoms with Gasteiger partial charge in [0.25, 0.3) is 0 Å². The summed E-state index contributed by atoms with van der Waals surface area (Å²) in [6.07, 6.45) is 0.882. The molecule has 0 radical (unpaired) electrons. The summed E-state index contributed by atoms with van der Waals surface area (Å²) in [6, 6.07) is 6.45. The molecule has 2 amide bonds. The van der Waals surface area contributed by atoms with E-state index < -0.39 is 10.0 Å². The molecule has 9 heteroatoms. The zero-order valence-corrected chi connectivity index (χ0v) is 16.1. The number of ether oxygens (including phenoxy) is 1. The minimum Gasteiger partial charge on any atom is -0.379 e. The van der Waals surface area contributed by atoms with Gasteiger partial charge < -0.3 is 15.4 Å². The van der Waals surface area contributed by atoms with Crippen LogP contribution < -0.4 is 10.6 Å². The van der Waals surface area contributed by atoms with Crippen molar-refractivity contribution in [3.8, 4) is 0 Å². The molecule has 0 bridgehead atoms. The lowest BCUT2D eigenvalue weighted by molar-refractivity contribution is -0.127. The maximum Gasteiger partial charge on any atom is 0.243 e. The van der Waals surface area contributed by atoms with Crippen LogP contribution in [0.25, 0.3) is 0 Å². The molecule has 1 saturated carbocycles. The third kappa shape index (κ3) is 5.06. The zero-order valence-electron chi connectivity index (χ0n) is 15.3. The second-order valence-corrected chi connectivity index (χ2v) is 8.91. The van der Waals surface area contributed by atoms with Gasteiger partial charge in [-0.1, -0.05) is 19.1 Å². The highest BCUT2D eigenvalue weighted by Gasteiger charge is 2.38. The average Bonchev–Trinajstić information content (AvgIpc) is 3.42. The zero-order chi connectivity index (χ0) is 19.4. The van der Waals surface area contributed by atoms with E-state index in [1.54, 1.807) is 24.3 Å². The lowest BCUT2D eigenvalue weighted by Crippen LogP contribution is -2.40. The van der Waals surface area contributed by atoms with E-state index in [2.05, 4.69) is 10.6 Å². The van der Waals surface area contributed by atoms with Gasteiger partial charge in [0, 0.05) is 25.6 Å². The number of rotatable bonds is 7. The van der Waals surface area contributed by atoms with E-state index >= 15 is 0 Å². The van der Waals surface area contributed by atoms with Gasteiger partial charge in [0.05, 0.1) is 24.7 Å². The second kappa shape index (κ2) is 8.37. The van der Waals surface area contributed by atoms with Gasteiger partial charge in [-0.2, -0.15) is 4.31 Å². The van der Waals surface area contributed by atoms with E-state index in [0.717, 1.165) is 12.0 Å². The van der Waals surface area contributed by atoms with Crippen molar-refractivity contribution in [2.75, 3.05) is 32.8 Å². The maximum atomic E-state index is 12.6. The molecule has 0 unspecified atom stereocenters. The molecular weight excluding hydrogens is 370 g/mol. The molecule has 27 heavy (non-hydrogen) atoms. The second-order valence-electron chi connectivity index (χ2n) is 6.97. The highest BCUT2D eigenvalue weighted by molar-refractivity contribution is 7.89. The van der Waals surface area contributed by atoms with Crippen LogP contribution in [-0.4, -0.2) is 57.4 Å². The summed E-state index contributed by atoms with van der Waals surface area (Å²) in [4.78, 5) is 23.8. The molecule has 148 valence electrons. The van der Waals surface area contributed by atoms with Crippen molar-refractivity contribution in [1.82, 2.24) is 14.9 Å². The normalized spacial score (nSPS) is 22.9. The Balaban J connectivity index is 1.47. The summed E-state index contributed by atoms with van der Waals surface area (Å²) < 4.78 is 31.7. The largest absolute Gasteiger partial charge is 0.379 e. The Labute approximate surface area is 159 Å². The van der Waals surface area contributed by atoms with Crippen molar-refractivity contribution in [3.05, 3.63) is 29.8 Å². The van der Waals surface area contributed by atoms with Gasteiger partial charge >= 0.3 is 0 Å². The fraction of sp³-hybridized carbons (Fsp3) is 0.556. The smallest absolute Gasteiger partial charge is 0.243 e. The Hall–Kier alpha value is -1.97. The van der Waals surface area contributed by atoms with Crippen molar-refractivity contribution in [2.45, 2.75) is 24.8 Å². The number of carbonyl (C=O) groups is 2. The van der Waals surface area contributed by atoms with Crippen LogP contribution in [0.15, 0.2) is 29.2 Å². The molecule has 1 aromatic rings. The molecule has 3 rings (SSSR count). The first-order chi connectivity index (χ1) is 12.9. The molecule has 1 aliphatic carbocycles. The van der Waals surface area contributed by atoms with Crippen LogP contribution in [-0.2, 0) is 30.9 Å². The fourth-order valence-electron chi connectivity index (χ4n) is 2.96. The highest BCUT2D eigenvalue weighted by Crippen LogP contribution is 2.37. The van der Waals surface area contributed by atoms with Gasteiger partial charge in [0.2, 0.25) is 21.8 Å². The predicted octanol–water partition coefficient (Wildman–Crippen LogP) is 0.0959. The topological polar surface area (TPSA) is 105 Å². The number of amides is 2. The summed E-state index contributed by atoms with van der Waals surface area (Å²) in [6.45, 7) is 3.74. The van der Waals surface area contributed by atoms with E-state index in [9.17, 15) is 18.0 Å². The molecule has 1 aromatic carbocycles. The van der Waals surface area contributed by atoms with Gasteiger partial charge in [-0.15, -0.1) is 0 Å². The van der Waals surface area contributed by atoms with E-state index in [1.165, 1.54) is 4.31 Å². The Morgan fingerprint density at radius 3 is 2.37 bits per heavy atom. The maximum absolute atomic E-state index is 12.6. The van der Waals surface area contributed by atoms with Crippen LogP contribution in [0.3, 0.4) is 0 Å². The summed E-state index contributed by atoms with van der Waals surface area (Å²) in [5.74, 6) is 0.0936. The van der Waals surface area contributed by atoms with Gasteiger partial charge in [-0.25, -0.2) is 8.42 Å². The number of carbonyl (C=O) groups excluding carboxylic acids is 2. The van der Waals surface area contributed by atoms with Crippen molar-refractivity contribution in [3.63, 3.8) is 0 Å². The van der Waals surface area contributed by atoms with Gasteiger partial charge in [0.1, 0.15) is 0 Å². The van der Waals surface area contributed by atoms with Crippen LogP contribution in [0.4, 0.5) is 0 Å². The third-order valence-corrected chi connectivity index (χ3v) is 6.80. The van der Waals surface area contributed by atoms with Gasteiger partial charge in [0.15, 0.2) is 0 Å². The molecule has 2 atom stereocenters. The van der Waals surface area contributed by atoms with E-state index in [4.69, 9.17) is 4.74 Å². The molecule has 1 saturated heterocycles. The quantitative estimate of drug-likeness (QED) is 0.681. The molecule has 2 N–H and O–H groups in total. The fourth-order valence-corrected chi connectivity index (χ4v) is 4.37. The van der Waals surface area contributed by atoms with Crippen LogP contribution in [0.5, 0.6) is 0 Å². The number of hydrogen-bond acceptors (Lipinski definition) is 5. The SMILES string of the molecule is C[C@H]1C[C@@H]1C(=O)NCC(=O)NCc1ccc(S(=O)(=O)N2CCOCC2)cc1. The molecule has 8 nitrogen and oxygen atoms in total. The number of benzene rings is 1. The van der Waals surface area contributed by atoms with Crippen LogP contribution in [0, 0.1) is 11.8 Å². The summed E-state index contributed by atoms with van der Waals surface area (Å²) in [5, 5.41) is 5.35. The minimum atomic E-state index is -3.52. The summed E-state index contributed by atoms with van der Waals surface area (Å²) in [5.41, 5.74) is 0.784. The standard InChI is InChI=1S/C18H25N3O5S/c1-13-10-16(13)18(23)20-12-17(22)19-11-14-2-4-15(5-3-14)27(24,25)21-6-8-26-9-7-21/h2-5,13,16H,6-12H2,1H3,(H,19,22)(H,20,23)/t13-,16-/m0/s1. The van der Waals surface area contributed by atoms with Crippen molar-refractivity contribution in [1.29, 1.82) is 0 Å². The molecular formula is C18H25N3O5S. The van der Waals surface area contributed by atoms with Crippen molar-refractivity contribution < 1.29 is 22.7 Å². The first-order valence-electron chi connectivity index (χ1n) is 9.09. The number of nitrogens with one attached hydrogen (secondary N) is 2. The molecule has 0 spiro atoms. The number of nitrogens with zero attached hydrogens (tertiary/aromatic N) is 1. The van der Waals surface area contributed by atoms with Crippen LogP contribution in [0.1, 0.15) is 18.9 Å². The molecule has 2 aliphatic rings. The lowest BCUT2D eigenvalue weighted by atomic mass is 10.2. The van der Waals surface area contributed by atoms with E-state index in [1.807, 2.05) is 6.92 Å². The Kier molecular flexibility index (Phi) is 6.13. The summed E-state index contributed by atoms with van der Waals surface area (Å²) >= 11 is 0. The minimum absolute atomic E-state index is 0.0405. The average molecular weight is 395 g/mol. The first-order valence-corrected chi connectivity index (χ1v) is 10.5. The number of sulfonamides is 1. The number of morpholine rings is 1. The summed E-state index contributed by atoms with van der Waals surface area (Å²) in [7, 11) is -3.52. The van der Waals surface area contributed by atoms with Crippen molar-refractivity contribution in [2.24, 2.45) is 11.8 Å². The monoisotopic (exact) mass is 395 g/mol. The van der Waals surface area contributed by atoms with Crippen molar-refractivity contribution >= 4 is 21.8 Å². The van der Waals surface area contributed by atoms with Gasteiger partial charge in [-0.3, -0.25) is 9.59 Å². The van der Waals surface area contributed by atoms with E-state index in [-0.39, 0.29) is 35.7 Å². The highest BCUT2D eigenvalue weighted by atomic mass is 32.2. The lowest BCUT2D eigenvalue weighted by Gasteiger charge is -2.26. The third-order valence-electron chi connectivity index (χ3n) is 4.89. The first kappa shape index (κ1) is 19.8. The van der Waals surface area contributed by atoms with Crippen LogP contribution in [0.2, 0.25) is 0 Å².